The summed E-state index contributed by atoms with van der Waals surface area (Å²) in [7, 11) is -2.88. The molecule has 1 atom stereocenters. The Hall–Kier alpha value is -4.05. The smallest absolute Gasteiger partial charge is 0.264 e. The second-order valence-electron chi connectivity index (χ2n) is 12.2. The predicted molar refractivity (Wildman–Crippen MR) is 188 cm³/mol. The monoisotopic (exact) mass is 695 g/mol. The molecule has 2 amide bonds. The lowest BCUT2D eigenvalue weighted by Gasteiger charge is -2.35. The molecular weight excluding hydrogens is 657 g/mol. The largest absolute Gasteiger partial charge is 0.495 e. The number of nitrogens with one attached hydrogen (secondary N) is 1. The van der Waals surface area contributed by atoms with Crippen LogP contribution in [0.3, 0.4) is 0 Å². The van der Waals surface area contributed by atoms with Crippen LogP contribution in [0.5, 0.6) is 5.75 Å². The zero-order valence-electron chi connectivity index (χ0n) is 27.0. The van der Waals surface area contributed by atoms with Gasteiger partial charge in [0, 0.05) is 34.1 Å². The van der Waals surface area contributed by atoms with Gasteiger partial charge in [-0.05, 0) is 69.7 Å². The molecule has 248 valence electrons. The Labute approximate surface area is 287 Å². The molecule has 0 heterocycles. The second kappa shape index (κ2) is 15.2. The molecule has 4 aromatic carbocycles. The lowest BCUT2D eigenvalue weighted by atomic mass is 10.0. The van der Waals surface area contributed by atoms with Crippen LogP contribution in [0, 0.1) is 6.92 Å². The molecule has 0 saturated carbocycles. The number of methoxy groups -OCH3 is 1. The van der Waals surface area contributed by atoms with Gasteiger partial charge in [-0.1, -0.05) is 89.4 Å². The highest BCUT2D eigenvalue weighted by atomic mass is 35.5. The predicted octanol–water partition coefficient (Wildman–Crippen LogP) is 7.06. The van der Waals surface area contributed by atoms with Gasteiger partial charge in [0.2, 0.25) is 11.8 Å². The van der Waals surface area contributed by atoms with Gasteiger partial charge in [-0.25, -0.2) is 8.42 Å². The van der Waals surface area contributed by atoms with Gasteiger partial charge in [0.15, 0.2) is 0 Å². The standard InChI is InChI=1S/C36H39Cl2N3O5S/c1-25-18-20-27(21-19-25)47(44,45)41(31-16-9-10-17-33(31)46-5)24-34(42)40(23-28-29(37)14-11-15-30(28)38)32(35(43)39-36(2,3)4)22-26-12-7-6-8-13-26/h6-21,32H,22-24H2,1-5H3,(H,39,43). The third-order valence-electron chi connectivity index (χ3n) is 7.40. The quantitative estimate of drug-likeness (QED) is 0.171. The minimum Gasteiger partial charge on any atom is -0.495 e. The molecule has 47 heavy (non-hydrogen) atoms. The first kappa shape index (κ1) is 35.8. The maximum Gasteiger partial charge on any atom is 0.264 e. The summed E-state index contributed by atoms with van der Waals surface area (Å²) in [6.07, 6.45) is 0.149. The molecule has 0 aliphatic heterocycles. The van der Waals surface area contributed by atoms with Crippen molar-refractivity contribution in [2.75, 3.05) is 18.0 Å². The number of carbonyl (C=O) groups is 2. The molecule has 0 spiro atoms. The summed E-state index contributed by atoms with van der Waals surface area (Å²) in [6, 6.07) is 26.1. The number of rotatable bonds is 12. The van der Waals surface area contributed by atoms with Crippen molar-refractivity contribution < 1.29 is 22.7 Å². The Morgan fingerprint density at radius 1 is 0.851 bits per heavy atom. The highest BCUT2D eigenvalue weighted by Gasteiger charge is 2.37. The summed E-state index contributed by atoms with van der Waals surface area (Å²) in [4.78, 5) is 30.1. The molecule has 1 N–H and O–H groups in total. The van der Waals surface area contributed by atoms with Gasteiger partial charge < -0.3 is 15.0 Å². The Balaban J connectivity index is 1.88. The van der Waals surface area contributed by atoms with E-state index in [1.165, 1.54) is 24.1 Å². The fourth-order valence-electron chi connectivity index (χ4n) is 5.05. The summed E-state index contributed by atoms with van der Waals surface area (Å²) in [5, 5.41) is 3.61. The Morgan fingerprint density at radius 2 is 1.45 bits per heavy atom. The highest BCUT2D eigenvalue weighted by Crippen LogP contribution is 2.33. The van der Waals surface area contributed by atoms with E-state index in [4.69, 9.17) is 27.9 Å². The molecule has 0 aliphatic carbocycles. The summed E-state index contributed by atoms with van der Waals surface area (Å²) in [5.41, 5.74) is 1.65. The minimum absolute atomic E-state index is 0.00573. The first-order valence-electron chi connectivity index (χ1n) is 15.0. The summed E-state index contributed by atoms with van der Waals surface area (Å²) >= 11 is 13.2. The molecule has 8 nitrogen and oxygen atoms in total. The second-order valence-corrected chi connectivity index (χ2v) is 14.8. The first-order valence-corrected chi connectivity index (χ1v) is 17.2. The van der Waals surface area contributed by atoms with Crippen LogP contribution in [0.4, 0.5) is 5.69 Å². The van der Waals surface area contributed by atoms with Gasteiger partial charge in [0.05, 0.1) is 17.7 Å². The molecule has 11 heteroatoms. The van der Waals surface area contributed by atoms with Crippen molar-refractivity contribution in [1.82, 2.24) is 10.2 Å². The zero-order chi connectivity index (χ0) is 34.4. The zero-order valence-corrected chi connectivity index (χ0v) is 29.4. The maximum atomic E-state index is 14.7. The van der Waals surface area contributed by atoms with Crippen LogP contribution in [0.2, 0.25) is 10.0 Å². The van der Waals surface area contributed by atoms with Crippen molar-refractivity contribution in [1.29, 1.82) is 0 Å². The SMILES string of the molecule is COc1ccccc1N(CC(=O)N(Cc1c(Cl)cccc1Cl)C(Cc1ccccc1)C(=O)NC(C)(C)C)S(=O)(=O)c1ccc(C)cc1. The molecule has 0 aromatic heterocycles. The van der Waals surface area contributed by atoms with E-state index in [1.807, 2.05) is 58.0 Å². The third kappa shape index (κ3) is 9.06. The van der Waals surface area contributed by atoms with Gasteiger partial charge in [-0.15, -0.1) is 0 Å². The number of nitrogens with zero attached hydrogens (tertiary/aromatic N) is 2. The minimum atomic E-state index is -4.30. The number of benzene rings is 4. The van der Waals surface area contributed by atoms with Gasteiger partial charge in [-0.2, -0.15) is 0 Å². The number of hydrogen-bond donors (Lipinski definition) is 1. The average Bonchev–Trinajstić information content (AvgIpc) is 3.02. The van der Waals surface area contributed by atoms with Crippen molar-refractivity contribution in [3.8, 4) is 5.75 Å². The average molecular weight is 697 g/mol. The lowest BCUT2D eigenvalue weighted by Crippen LogP contribution is -2.56. The Bertz CT molecular complexity index is 1790. The van der Waals surface area contributed by atoms with Crippen LogP contribution < -0.4 is 14.4 Å². The van der Waals surface area contributed by atoms with Crippen molar-refractivity contribution in [3.05, 3.63) is 124 Å². The van der Waals surface area contributed by atoms with Gasteiger partial charge >= 0.3 is 0 Å². The number of amides is 2. The molecule has 0 saturated heterocycles. The number of halogens is 2. The van der Waals surface area contributed by atoms with E-state index < -0.39 is 40.0 Å². The third-order valence-corrected chi connectivity index (χ3v) is 9.88. The Kier molecular flexibility index (Phi) is 11.6. The molecule has 0 bridgehead atoms. The van der Waals surface area contributed by atoms with Crippen LogP contribution in [0.15, 0.2) is 102 Å². The summed E-state index contributed by atoms with van der Waals surface area (Å²) in [5.74, 6) is -0.807. The molecule has 4 rings (SSSR count). The van der Waals surface area contributed by atoms with E-state index in [0.29, 0.717) is 15.6 Å². The molecule has 0 fully saturated rings. The number of para-hydroxylation sites is 2. The fourth-order valence-corrected chi connectivity index (χ4v) is 6.99. The first-order chi connectivity index (χ1) is 22.2. The van der Waals surface area contributed by atoms with Crippen molar-refractivity contribution >= 4 is 50.7 Å². The van der Waals surface area contributed by atoms with Crippen molar-refractivity contribution in [2.24, 2.45) is 0 Å². The number of aryl methyl sites for hydroxylation is 1. The van der Waals surface area contributed by atoms with Gasteiger partial charge in [-0.3, -0.25) is 13.9 Å². The maximum absolute atomic E-state index is 14.7. The van der Waals surface area contributed by atoms with E-state index in [1.54, 1.807) is 54.6 Å². The van der Waals surface area contributed by atoms with E-state index in [0.717, 1.165) is 15.4 Å². The van der Waals surface area contributed by atoms with E-state index in [9.17, 15) is 18.0 Å². The number of hydrogen-bond acceptors (Lipinski definition) is 5. The highest BCUT2D eigenvalue weighted by molar-refractivity contribution is 7.92. The summed E-state index contributed by atoms with van der Waals surface area (Å²) < 4.78 is 35.1. The van der Waals surface area contributed by atoms with Crippen LogP contribution >= 0.6 is 23.2 Å². The van der Waals surface area contributed by atoms with Crippen LogP contribution in [0.1, 0.15) is 37.5 Å². The van der Waals surface area contributed by atoms with Gasteiger partial charge in [0.1, 0.15) is 18.3 Å². The molecule has 1 unspecified atom stereocenters. The lowest BCUT2D eigenvalue weighted by molar-refractivity contribution is -0.140. The van der Waals surface area contributed by atoms with E-state index in [-0.39, 0.29) is 29.3 Å². The van der Waals surface area contributed by atoms with Crippen molar-refractivity contribution in [3.63, 3.8) is 0 Å². The number of anilines is 1. The molecule has 0 aliphatic rings. The van der Waals surface area contributed by atoms with Crippen molar-refractivity contribution in [2.45, 2.75) is 57.1 Å². The molecule has 0 radical (unpaired) electrons. The summed E-state index contributed by atoms with van der Waals surface area (Å²) in [6.45, 7) is 6.59. The van der Waals surface area contributed by atoms with E-state index >= 15 is 0 Å². The van der Waals surface area contributed by atoms with E-state index in [2.05, 4.69) is 5.32 Å². The topological polar surface area (TPSA) is 96.0 Å². The fraction of sp³-hybridized carbons (Fsp3) is 0.278. The number of carbonyl (C=O) groups excluding carboxylic acids is 2. The normalized spacial score (nSPS) is 12.2. The van der Waals surface area contributed by atoms with Crippen LogP contribution in [-0.4, -0.2) is 50.4 Å². The molecule has 4 aromatic rings. The van der Waals surface area contributed by atoms with Gasteiger partial charge in [0.25, 0.3) is 10.0 Å². The Morgan fingerprint density at radius 3 is 2.04 bits per heavy atom. The number of ether oxygens (including phenoxy) is 1. The van der Waals surface area contributed by atoms with Crippen LogP contribution in [-0.2, 0) is 32.6 Å². The molecular formula is C36H39Cl2N3O5S. The number of sulfonamides is 1. The van der Waals surface area contributed by atoms with Crippen LogP contribution in [0.25, 0.3) is 0 Å².